The molecule has 0 aliphatic rings. The van der Waals surface area contributed by atoms with Gasteiger partial charge in [-0.1, -0.05) is 29.8 Å². The molecule has 1 aromatic rings. The second kappa shape index (κ2) is 5.46. The zero-order chi connectivity index (χ0) is 10.4. The van der Waals surface area contributed by atoms with Gasteiger partial charge < -0.3 is 0 Å². The van der Waals surface area contributed by atoms with E-state index in [1.807, 2.05) is 37.4 Å². The van der Waals surface area contributed by atoms with E-state index in [0.717, 1.165) is 5.56 Å². The third kappa shape index (κ3) is 2.90. The molecule has 0 saturated heterocycles. The predicted molar refractivity (Wildman–Crippen MR) is 61.7 cm³/mol. The van der Waals surface area contributed by atoms with Crippen molar-refractivity contribution < 1.29 is 0 Å². The van der Waals surface area contributed by atoms with Gasteiger partial charge in [0.2, 0.25) is 0 Å². The summed E-state index contributed by atoms with van der Waals surface area (Å²) in [4.78, 5) is 4.18. The van der Waals surface area contributed by atoms with Crippen LogP contribution in [0.3, 0.4) is 0 Å². The fraction of sp³-hybridized carbons (Fsp3) is 0.273. The second-order valence-corrected chi connectivity index (χ2v) is 3.74. The molecular formula is C11H12N2S. The van der Waals surface area contributed by atoms with E-state index in [1.165, 1.54) is 5.56 Å². The Morgan fingerprint density at radius 3 is 2.57 bits per heavy atom. The molecule has 0 unspecified atom stereocenters. The lowest BCUT2D eigenvalue weighted by Crippen LogP contribution is -1.97. The van der Waals surface area contributed by atoms with Gasteiger partial charge in [-0.05, 0) is 13.2 Å². The Bertz CT molecular complexity index is 360. The van der Waals surface area contributed by atoms with E-state index < -0.39 is 0 Å². The number of rotatable bonds is 3. The fourth-order valence-electron chi connectivity index (χ4n) is 1.03. The summed E-state index contributed by atoms with van der Waals surface area (Å²) < 4.78 is 0. The fourth-order valence-corrected chi connectivity index (χ4v) is 1.29. The SMILES string of the molecule is CSCN=C(C#N)c1ccc(C)cc1. The molecule has 0 heterocycles. The molecule has 1 aromatic carbocycles. The van der Waals surface area contributed by atoms with Gasteiger partial charge in [-0.2, -0.15) is 5.26 Å². The van der Waals surface area contributed by atoms with Gasteiger partial charge in [-0.3, -0.25) is 4.99 Å². The lowest BCUT2D eigenvalue weighted by molar-refractivity contribution is 1.36. The van der Waals surface area contributed by atoms with Gasteiger partial charge in [0.1, 0.15) is 11.8 Å². The molecule has 0 spiro atoms. The van der Waals surface area contributed by atoms with E-state index in [4.69, 9.17) is 5.26 Å². The first-order valence-electron chi connectivity index (χ1n) is 4.28. The number of nitrogens with zero attached hydrogens (tertiary/aromatic N) is 2. The molecule has 0 bridgehead atoms. The molecule has 72 valence electrons. The summed E-state index contributed by atoms with van der Waals surface area (Å²) in [5.41, 5.74) is 2.60. The average molecular weight is 204 g/mol. The molecule has 14 heavy (non-hydrogen) atoms. The molecular weight excluding hydrogens is 192 g/mol. The Morgan fingerprint density at radius 1 is 1.43 bits per heavy atom. The number of hydrogen-bond acceptors (Lipinski definition) is 3. The van der Waals surface area contributed by atoms with E-state index in [1.54, 1.807) is 11.8 Å². The lowest BCUT2D eigenvalue weighted by atomic mass is 10.1. The summed E-state index contributed by atoms with van der Waals surface area (Å²) in [6.07, 6.45) is 1.97. The number of nitriles is 1. The van der Waals surface area contributed by atoms with E-state index in [9.17, 15) is 0 Å². The van der Waals surface area contributed by atoms with Gasteiger partial charge in [0.25, 0.3) is 0 Å². The highest BCUT2D eigenvalue weighted by atomic mass is 32.2. The predicted octanol–water partition coefficient (Wildman–Crippen LogP) is 2.63. The van der Waals surface area contributed by atoms with Gasteiger partial charge in [0, 0.05) is 5.56 Å². The van der Waals surface area contributed by atoms with Gasteiger partial charge in [-0.25, -0.2) is 0 Å². The van der Waals surface area contributed by atoms with Crippen LogP contribution >= 0.6 is 11.8 Å². The van der Waals surface area contributed by atoms with Crippen LogP contribution in [-0.4, -0.2) is 17.8 Å². The minimum atomic E-state index is 0.513. The zero-order valence-corrected chi connectivity index (χ0v) is 9.14. The molecule has 2 nitrogen and oxygen atoms in total. The van der Waals surface area contributed by atoms with Crippen molar-refractivity contribution in [1.29, 1.82) is 5.26 Å². The van der Waals surface area contributed by atoms with Crippen molar-refractivity contribution in [3.8, 4) is 6.07 Å². The Kier molecular flexibility index (Phi) is 4.21. The van der Waals surface area contributed by atoms with Crippen molar-refractivity contribution in [3.63, 3.8) is 0 Å². The van der Waals surface area contributed by atoms with Crippen molar-refractivity contribution in [2.45, 2.75) is 6.92 Å². The monoisotopic (exact) mass is 204 g/mol. The second-order valence-electron chi connectivity index (χ2n) is 2.90. The number of aryl methyl sites for hydroxylation is 1. The number of hydrogen-bond donors (Lipinski definition) is 0. The van der Waals surface area contributed by atoms with Gasteiger partial charge >= 0.3 is 0 Å². The first-order valence-corrected chi connectivity index (χ1v) is 5.68. The quantitative estimate of drug-likeness (QED) is 0.710. The minimum Gasteiger partial charge on any atom is -0.263 e. The van der Waals surface area contributed by atoms with E-state index in [2.05, 4.69) is 11.1 Å². The van der Waals surface area contributed by atoms with Crippen LogP contribution in [0.25, 0.3) is 0 Å². The summed E-state index contributed by atoms with van der Waals surface area (Å²) in [5.74, 6) is 0.636. The molecule has 0 atom stereocenters. The van der Waals surface area contributed by atoms with Crippen molar-refractivity contribution in [1.82, 2.24) is 0 Å². The number of benzene rings is 1. The molecule has 0 fully saturated rings. The van der Waals surface area contributed by atoms with Gasteiger partial charge in [-0.15, -0.1) is 11.8 Å². The molecule has 0 aliphatic heterocycles. The Morgan fingerprint density at radius 2 is 2.07 bits per heavy atom. The first-order chi connectivity index (χ1) is 6.77. The van der Waals surface area contributed by atoms with Crippen LogP contribution in [0, 0.1) is 18.3 Å². The molecule has 0 radical (unpaired) electrons. The molecule has 0 aliphatic carbocycles. The maximum Gasteiger partial charge on any atom is 0.143 e. The van der Waals surface area contributed by atoms with Crippen LogP contribution in [0.4, 0.5) is 0 Å². The van der Waals surface area contributed by atoms with Crippen molar-refractivity contribution in [3.05, 3.63) is 35.4 Å². The Hall–Kier alpha value is -1.27. The van der Waals surface area contributed by atoms with Crippen LogP contribution in [0.1, 0.15) is 11.1 Å². The maximum atomic E-state index is 8.89. The van der Waals surface area contributed by atoms with Crippen molar-refractivity contribution >= 4 is 17.5 Å². The average Bonchev–Trinajstić information content (AvgIpc) is 2.21. The summed E-state index contributed by atoms with van der Waals surface area (Å²) in [7, 11) is 0. The summed E-state index contributed by atoms with van der Waals surface area (Å²) in [6, 6.07) is 9.94. The molecule has 3 heteroatoms. The molecule has 0 saturated carbocycles. The highest BCUT2D eigenvalue weighted by molar-refractivity contribution is 7.98. The van der Waals surface area contributed by atoms with Gasteiger partial charge in [0.15, 0.2) is 0 Å². The first kappa shape index (κ1) is 10.8. The largest absolute Gasteiger partial charge is 0.263 e. The highest BCUT2D eigenvalue weighted by Gasteiger charge is 2.00. The normalized spacial score (nSPS) is 11.1. The smallest absolute Gasteiger partial charge is 0.143 e. The number of thioether (sulfide) groups is 1. The maximum absolute atomic E-state index is 8.89. The third-order valence-corrected chi connectivity index (χ3v) is 2.17. The van der Waals surface area contributed by atoms with Crippen LogP contribution in [-0.2, 0) is 0 Å². The van der Waals surface area contributed by atoms with Gasteiger partial charge in [0.05, 0.1) is 5.88 Å². The molecule has 1 rings (SSSR count). The summed E-state index contributed by atoms with van der Waals surface area (Å²) in [6.45, 7) is 2.02. The Balaban J connectivity index is 2.91. The standard InChI is InChI=1S/C11H12N2S/c1-9-3-5-10(6-4-9)11(7-12)13-8-14-2/h3-6H,8H2,1-2H3. The van der Waals surface area contributed by atoms with Crippen molar-refractivity contribution in [2.24, 2.45) is 4.99 Å². The van der Waals surface area contributed by atoms with Crippen molar-refractivity contribution in [2.75, 3.05) is 12.1 Å². The van der Waals surface area contributed by atoms with Crippen LogP contribution in [0.5, 0.6) is 0 Å². The topological polar surface area (TPSA) is 36.1 Å². The number of aliphatic imine (C=N–C) groups is 1. The van der Waals surface area contributed by atoms with E-state index in [0.29, 0.717) is 11.6 Å². The molecule has 0 N–H and O–H groups in total. The highest BCUT2D eigenvalue weighted by Crippen LogP contribution is 2.05. The molecule has 0 amide bonds. The van der Waals surface area contributed by atoms with Crippen LogP contribution in [0.15, 0.2) is 29.3 Å². The molecule has 0 aromatic heterocycles. The lowest BCUT2D eigenvalue weighted by Gasteiger charge is -1.98. The minimum absolute atomic E-state index is 0.513. The third-order valence-electron chi connectivity index (χ3n) is 1.78. The summed E-state index contributed by atoms with van der Waals surface area (Å²) >= 11 is 1.60. The zero-order valence-electron chi connectivity index (χ0n) is 8.32. The van der Waals surface area contributed by atoms with Crippen LogP contribution in [0.2, 0.25) is 0 Å². The Labute approximate surface area is 88.7 Å². The van der Waals surface area contributed by atoms with Crippen LogP contribution < -0.4 is 0 Å². The van der Waals surface area contributed by atoms with E-state index >= 15 is 0 Å². The van der Waals surface area contributed by atoms with E-state index in [-0.39, 0.29) is 0 Å². The summed E-state index contributed by atoms with van der Waals surface area (Å²) in [5, 5.41) is 8.89.